The van der Waals surface area contributed by atoms with Crippen LogP contribution >= 0.6 is 15.9 Å². The summed E-state index contributed by atoms with van der Waals surface area (Å²) in [5.74, 6) is 2.65. The molecule has 3 heteroatoms. The maximum absolute atomic E-state index is 13.6. The summed E-state index contributed by atoms with van der Waals surface area (Å²) in [6.45, 7) is 0. The molecular formula is C18H23BrFN. The molecule has 0 saturated heterocycles. The Kier molecular flexibility index (Phi) is 3.42. The molecule has 1 aromatic rings. The van der Waals surface area contributed by atoms with Crippen molar-refractivity contribution in [1.82, 2.24) is 5.32 Å². The zero-order valence-corrected chi connectivity index (χ0v) is 14.1. The number of hydrogen-bond donors (Lipinski definition) is 1. The molecule has 1 atom stereocenters. The molecule has 1 aromatic carbocycles. The van der Waals surface area contributed by atoms with Crippen LogP contribution in [-0.2, 0) is 0 Å². The molecule has 4 fully saturated rings. The highest BCUT2D eigenvalue weighted by atomic mass is 79.9. The molecule has 0 amide bonds. The lowest BCUT2D eigenvalue weighted by Crippen LogP contribution is -2.51. The summed E-state index contributed by atoms with van der Waals surface area (Å²) in [5, 5.41) is 3.58. The van der Waals surface area contributed by atoms with Gasteiger partial charge in [0, 0.05) is 6.04 Å². The molecular weight excluding hydrogens is 329 g/mol. The van der Waals surface area contributed by atoms with E-state index >= 15 is 0 Å². The quantitative estimate of drug-likeness (QED) is 0.801. The largest absolute Gasteiger partial charge is 0.313 e. The van der Waals surface area contributed by atoms with Gasteiger partial charge in [0.25, 0.3) is 0 Å². The van der Waals surface area contributed by atoms with Crippen molar-refractivity contribution in [2.24, 2.45) is 23.2 Å². The third kappa shape index (κ3) is 2.28. The van der Waals surface area contributed by atoms with Gasteiger partial charge in [0.1, 0.15) is 5.82 Å². The van der Waals surface area contributed by atoms with E-state index in [1.165, 1.54) is 44.1 Å². The lowest BCUT2D eigenvalue weighted by molar-refractivity contribution is -0.0736. The minimum Gasteiger partial charge on any atom is -0.313 e. The van der Waals surface area contributed by atoms with Crippen LogP contribution in [0.2, 0.25) is 0 Å². The van der Waals surface area contributed by atoms with Crippen molar-refractivity contribution in [2.75, 3.05) is 7.05 Å². The molecule has 0 heterocycles. The van der Waals surface area contributed by atoms with Gasteiger partial charge < -0.3 is 5.32 Å². The third-order valence-corrected chi connectivity index (χ3v) is 6.87. The van der Waals surface area contributed by atoms with Gasteiger partial charge in [-0.05, 0) is 102 Å². The molecule has 5 rings (SSSR count). The van der Waals surface area contributed by atoms with E-state index in [0.29, 0.717) is 15.9 Å². The highest BCUT2D eigenvalue weighted by molar-refractivity contribution is 9.10. The maximum atomic E-state index is 13.6. The van der Waals surface area contributed by atoms with E-state index in [4.69, 9.17) is 0 Å². The summed E-state index contributed by atoms with van der Waals surface area (Å²) in [4.78, 5) is 0. The van der Waals surface area contributed by atoms with Gasteiger partial charge in [0.15, 0.2) is 0 Å². The molecule has 0 spiro atoms. The van der Waals surface area contributed by atoms with Crippen LogP contribution in [0, 0.1) is 29.0 Å². The van der Waals surface area contributed by atoms with Gasteiger partial charge >= 0.3 is 0 Å². The molecule has 114 valence electrons. The van der Waals surface area contributed by atoms with Crippen LogP contribution < -0.4 is 5.32 Å². The Morgan fingerprint density at radius 3 is 2.19 bits per heavy atom. The zero-order valence-electron chi connectivity index (χ0n) is 12.5. The molecule has 1 unspecified atom stereocenters. The SMILES string of the molecule is CNC(c1ccc(F)c(Br)c1)C12CC3CC(CC(C3)C1)C2. The van der Waals surface area contributed by atoms with Crippen LogP contribution in [0.25, 0.3) is 0 Å². The fraction of sp³-hybridized carbons (Fsp3) is 0.667. The smallest absolute Gasteiger partial charge is 0.137 e. The second-order valence-electron chi connectivity index (χ2n) is 7.68. The fourth-order valence-corrected chi connectivity index (χ4v) is 6.45. The lowest BCUT2D eigenvalue weighted by Gasteiger charge is -2.59. The minimum absolute atomic E-state index is 0.167. The van der Waals surface area contributed by atoms with E-state index < -0.39 is 0 Å². The molecule has 0 aliphatic heterocycles. The summed E-state index contributed by atoms with van der Waals surface area (Å²) in [6.07, 6.45) is 8.47. The van der Waals surface area contributed by atoms with Crippen molar-refractivity contribution < 1.29 is 4.39 Å². The van der Waals surface area contributed by atoms with Crippen molar-refractivity contribution in [2.45, 2.75) is 44.6 Å². The summed E-state index contributed by atoms with van der Waals surface area (Å²) in [7, 11) is 2.07. The first-order valence-corrected chi connectivity index (χ1v) is 9.01. The van der Waals surface area contributed by atoms with Crippen molar-refractivity contribution in [3.8, 4) is 0 Å². The van der Waals surface area contributed by atoms with Crippen LogP contribution in [0.4, 0.5) is 4.39 Å². The number of nitrogens with one attached hydrogen (secondary N) is 1. The Hall–Kier alpha value is -0.410. The van der Waals surface area contributed by atoms with Crippen LogP contribution in [0.5, 0.6) is 0 Å². The molecule has 1 N–H and O–H groups in total. The monoisotopic (exact) mass is 351 g/mol. The Morgan fingerprint density at radius 2 is 1.71 bits per heavy atom. The average Bonchev–Trinajstić information content (AvgIpc) is 2.41. The van der Waals surface area contributed by atoms with E-state index in [1.807, 2.05) is 12.1 Å². The normalized spacial score (nSPS) is 38.7. The second kappa shape index (κ2) is 5.06. The molecule has 4 aliphatic rings. The Bertz CT molecular complexity index is 521. The van der Waals surface area contributed by atoms with Gasteiger partial charge in [-0.1, -0.05) is 6.07 Å². The summed E-state index contributed by atoms with van der Waals surface area (Å²) in [5.41, 5.74) is 1.65. The van der Waals surface area contributed by atoms with E-state index in [2.05, 4.69) is 28.3 Å². The van der Waals surface area contributed by atoms with Crippen LogP contribution in [0.1, 0.15) is 50.1 Å². The zero-order chi connectivity index (χ0) is 14.6. The minimum atomic E-state index is -0.167. The number of benzene rings is 1. The molecule has 0 aromatic heterocycles. The fourth-order valence-electron chi connectivity index (χ4n) is 6.05. The Morgan fingerprint density at radius 1 is 1.14 bits per heavy atom. The molecule has 4 bridgehead atoms. The molecule has 1 nitrogen and oxygen atoms in total. The highest BCUT2D eigenvalue weighted by Gasteiger charge is 2.54. The number of hydrogen-bond acceptors (Lipinski definition) is 1. The van der Waals surface area contributed by atoms with Crippen molar-refractivity contribution in [3.05, 3.63) is 34.1 Å². The van der Waals surface area contributed by atoms with E-state index in [1.54, 1.807) is 6.07 Å². The Labute approximate surface area is 134 Å². The van der Waals surface area contributed by atoms with Gasteiger partial charge in [0.05, 0.1) is 4.47 Å². The van der Waals surface area contributed by atoms with Crippen LogP contribution in [0.3, 0.4) is 0 Å². The first-order chi connectivity index (χ1) is 10.1. The molecule has 4 aliphatic carbocycles. The lowest BCUT2D eigenvalue weighted by atomic mass is 9.47. The Balaban J connectivity index is 1.70. The van der Waals surface area contributed by atoms with Crippen LogP contribution in [0.15, 0.2) is 22.7 Å². The van der Waals surface area contributed by atoms with Gasteiger partial charge in [0.2, 0.25) is 0 Å². The molecule has 21 heavy (non-hydrogen) atoms. The first-order valence-electron chi connectivity index (χ1n) is 8.22. The number of halogens is 2. The van der Waals surface area contributed by atoms with Crippen molar-refractivity contribution >= 4 is 15.9 Å². The van der Waals surface area contributed by atoms with Gasteiger partial charge in [-0.3, -0.25) is 0 Å². The maximum Gasteiger partial charge on any atom is 0.137 e. The molecule has 0 radical (unpaired) electrons. The van der Waals surface area contributed by atoms with Gasteiger partial charge in [-0.25, -0.2) is 4.39 Å². The van der Waals surface area contributed by atoms with Gasteiger partial charge in [-0.15, -0.1) is 0 Å². The van der Waals surface area contributed by atoms with E-state index in [0.717, 1.165) is 17.8 Å². The van der Waals surface area contributed by atoms with E-state index in [9.17, 15) is 4.39 Å². The summed E-state index contributed by atoms with van der Waals surface area (Å²) < 4.78 is 14.1. The summed E-state index contributed by atoms with van der Waals surface area (Å²) in [6, 6.07) is 5.92. The van der Waals surface area contributed by atoms with Gasteiger partial charge in [-0.2, -0.15) is 0 Å². The summed E-state index contributed by atoms with van der Waals surface area (Å²) >= 11 is 3.35. The van der Waals surface area contributed by atoms with Crippen molar-refractivity contribution in [1.29, 1.82) is 0 Å². The molecule has 4 saturated carbocycles. The standard InChI is InChI=1S/C18H23BrFN/c1-21-17(14-2-3-16(20)15(19)7-14)18-8-11-4-12(9-18)6-13(5-11)10-18/h2-3,7,11-13,17,21H,4-6,8-10H2,1H3. The van der Waals surface area contributed by atoms with Crippen molar-refractivity contribution in [3.63, 3.8) is 0 Å². The van der Waals surface area contributed by atoms with E-state index in [-0.39, 0.29) is 5.82 Å². The average molecular weight is 352 g/mol. The highest BCUT2D eigenvalue weighted by Crippen LogP contribution is 2.64. The number of rotatable bonds is 3. The van der Waals surface area contributed by atoms with Crippen LogP contribution in [-0.4, -0.2) is 7.05 Å². The topological polar surface area (TPSA) is 12.0 Å². The first kappa shape index (κ1) is 14.2. The predicted molar refractivity (Wildman–Crippen MR) is 86.5 cm³/mol. The predicted octanol–water partition coefficient (Wildman–Crippen LogP) is 5.07. The third-order valence-electron chi connectivity index (χ3n) is 6.26. The second-order valence-corrected chi connectivity index (χ2v) is 8.53.